The van der Waals surface area contributed by atoms with Crippen molar-refractivity contribution < 1.29 is 0 Å². The summed E-state index contributed by atoms with van der Waals surface area (Å²) in [5, 5.41) is 0. The molecule has 1 aromatic carbocycles. The van der Waals surface area contributed by atoms with Crippen LogP contribution in [0.2, 0.25) is 0 Å². The summed E-state index contributed by atoms with van der Waals surface area (Å²) in [7, 11) is 0. The molecule has 4 heteroatoms. The minimum Gasteiger partial charge on any atom is -0.381 e. The van der Waals surface area contributed by atoms with Gasteiger partial charge in [-0.05, 0) is 26.0 Å². The van der Waals surface area contributed by atoms with Crippen LogP contribution in [0.15, 0.2) is 36.4 Å². The summed E-state index contributed by atoms with van der Waals surface area (Å²) in [5.41, 5.74) is 8.76. The topological polar surface area (TPSA) is 55.0 Å². The van der Waals surface area contributed by atoms with Gasteiger partial charge in [-0.2, -0.15) is 0 Å². The number of nitrogens with zero attached hydrogens (tertiary/aromatic N) is 3. The minimum absolute atomic E-state index is 0.469. The van der Waals surface area contributed by atoms with Crippen LogP contribution in [-0.4, -0.2) is 23.1 Å². The van der Waals surface area contributed by atoms with Gasteiger partial charge in [0.15, 0.2) is 11.6 Å². The van der Waals surface area contributed by atoms with Crippen molar-refractivity contribution in [1.29, 1.82) is 0 Å². The summed E-state index contributed by atoms with van der Waals surface area (Å²) in [6.07, 6.45) is 0. The maximum absolute atomic E-state index is 5.99. The number of para-hydroxylation sites is 2. The fraction of sp³-hybridized carbons (Fsp3) is 0.286. The van der Waals surface area contributed by atoms with Crippen LogP contribution >= 0.6 is 0 Å². The zero-order valence-electron chi connectivity index (χ0n) is 10.8. The van der Waals surface area contributed by atoms with Crippen LogP contribution in [0.1, 0.15) is 13.8 Å². The Morgan fingerprint density at radius 2 is 1.89 bits per heavy atom. The number of benzene rings is 1. The highest BCUT2D eigenvalue weighted by atomic mass is 15.2. The van der Waals surface area contributed by atoms with Gasteiger partial charge < -0.3 is 10.6 Å². The molecule has 0 aliphatic carbocycles. The number of anilines is 2. The van der Waals surface area contributed by atoms with Crippen molar-refractivity contribution in [2.75, 3.05) is 23.7 Å². The van der Waals surface area contributed by atoms with E-state index in [1.54, 1.807) is 0 Å². The Morgan fingerprint density at radius 1 is 1.28 bits per heavy atom. The molecule has 2 rings (SSSR count). The van der Waals surface area contributed by atoms with Crippen molar-refractivity contribution in [3.63, 3.8) is 0 Å². The number of fused-ring (bicyclic) bond motifs is 1. The average molecular weight is 242 g/mol. The highest BCUT2D eigenvalue weighted by Gasteiger charge is 2.12. The van der Waals surface area contributed by atoms with Crippen LogP contribution in [0, 0.1) is 0 Å². The first-order valence-electron chi connectivity index (χ1n) is 6.03. The van der Waals surface area contributed by atoms with Crippen LogP contribution in [-0.2, 0) is 0 Å². The molecule has 0 bridgehead atoms. The molecule has 0 atom stereocenters. The van der Waals surface area contributed by atoms with E-state index < -0.39 is 0 Å². The molecule has 0 saturated heterocycles. The van der Waals surface area contributed by atoms with Gasteiger partial charge in [-0.25, -0.2) is 9.97 Å². The first-order chi connectivity index (χ1) is 8.61. The number of hydrogen-bond acceptors (Lipinski definition) is 4. The Bertz CT molecular complexity index is 577. The lowest BCUT2D eigenvalue weighted by Crippen LogP contribution is -2.26. The Morgan fingerprint density at radius 3 is 2.44 bits per heavy atom. The van der Waals surface area contributed by atoms with E-state index in [0.29, 0.717) is 5.82 Å². The SMILES string of the molecule is C=C(C)CN(CC)c1nc2ccccc2nc1N. The van der Waals surface area contributed by atoms with Crippen LogP contribution in [0.5, 0.6) is 0 Å². The lowest BCUT2D eigenvalue weighted by molar-refractivity contribution is 0.861. The Labute approximate surface area is 107 Å². The van der Waals surface area contributed by atoms with E-state index in [0.717, 1.165) is 35.5 Å². The van der Waals surface area contributed by atoms with Crippen molar-refractivity contribution >= 4 is 22.7 Å². The number of nitrogen functional groups attached to an aromatic ring is 1. The second-order valence-electron chi connectivity index (χ2n) is 4.39. The highest BCUT2D eigenvalue weighted by molar-refractivity contribution is 5.79. The molecule has 94 valence electrons. The van der Waals surface area contributed by atoms with Crippen LogP contribution in [0.25, 0.3) is 11.0 Å². The van der Waals surface area contributed by atoms with Gasteiger partial charge in [0.2, 0.25) is 0 Å². The van der Waals surface area contributed by atoms with E-state index in [2.05, 4.69) is 28.4 Å². The third-order valence-corrected chi connectivity index (χ3v) is 2.72. The molecule has 1 aromatic heterocycles. The smallest absolute Gasteiger partial charge is 0.172 e. The summed E-state index contributed by atoms with van der Waals surface area (Å²) in [6, 6.07) is 7.74. The summed E-state index contributed by atoms with van der Waals surface area (Å²) in [5.74, 6) is 1.20. The Kier molecular flexibility index (Phi) is 3.46. The lowest BCUT2D eigenvalue weighted by Gasteiger charge is -2.23. The number of rotatable bonds is 4. The van der Waals surface area contributed by atoms with E-state index in [1.165, 1.54) is 0 Å². The van der Waals surface area contributed by atoms with Gasteiger partial charge in [-0.15, -0.1) is 0 Å². The number of aromatic nitrogens is 2. The maximum Gasteiger partial charge on any atom is 0.172 e. The molecule has 2 N–H and O–H groups in total. The summed E-state index contributed by atoms with van der Waals surface area (Å²) >= 11 is 0. The predicted octanol–water partition coefficient (Wildman–Crippen LogP) is 2.61. The van der Waals surface area contributed by atoms with E-state index >= 15 is 0 Å². The predicted molar refractivity (Wildman–Crippen MR) is 76.7 cm³/mol. The van der Waals surface area contributed by atoms with Crippen molar-refractivity contribution in [3.05, 3.63) is 36.4 Å². The van der Waals surface area contributed by atoms with Crippen molar-refractivity contribution in [2.45, 2.75) is 13.8 Å². The molecule has 0 spiro atoms. The monoisotopic (exact) mass is 242 g/mol. The molecule has 0 aliphatic rings. The van der Waals surface area contributed by atoms with Gasteiger partial charge in [0.1, 0.15) is 0 Å². The minimum atomic E-state index is 0.469. The third-order valence-electron chi connectivity index (χ3n) is 2.72. The Hall–Kier alpha value is -2.10. The van der Waals surface area contributed by atoms with Crippen LogP contribution < -0.4 is 10.6 Å². The molecule has 18 heavy (non-hydrogen) atoms. The summed E-state index contributed by atoms with van der Waals surface area (Å²) < 4.78 is 0. The van der Waals surface area contributed by atoms with Crippen LogP contribution in [0.4, 0.5) is 11.6 Å². The van der Waals surface area contributed by atoms with E-state index in [4.69, 9.17) is 5.73 Å². The number of hydrogen-bond donors (Lipinski definition) is 1. The first-order valence-corrected chi connectivity index (χ1v) is 6.03. The van der Waals surface area contributed by atoms with E-state index in [-0.39, 0.29) is 0 Å². The molecule has 0 saturated carbocycles. The standard InChI is InChI=1S/C14H18N4/c1-4-18(9-10(2)3)14-13(15)16-11-7-5-6-8-12(11)17-14/h5-8H,2,4,9H2,1,3H3,(H2,15,16). The molecule has 1 heterocycles. The fourth-order valence-corrected chi connectivity index (χ4v) is 1.90. The summed E-state index contributed by atoms with van der Waals surface area (Å²) in [4.78, 5) is 11.1. The van der Waals surface area contributed by atoms with Gasteiger partial charge in [-0.1, -0.05) is 24.3 Å². The van der Waals surface area contributed by atoms with Gasteiger partial charge in [-0.3, -0.25) is 0 Å². The molecule has 0 fully saturated rings. The second kappa shape index (κ2) is 5.04. The van der Waals surface area contributed by atoms with E-state index in [1.807, 2.05) is 31.2 Å². The molecular formula is C14H18N4. The van der Waals surface area contributed by atoms with E-state index in [9.17, 15) is 0 Å². The van der Waals surface area contributed by atoms with Crippen molar-refractivity contribution in [2.24, 2.45) is 0 Å². The van der Waals surface area contributed by atoms with Gasteiger partial charge in [0, 0.05) is 13.1 Å². The van der Waals surface area contributed by atoms with Crippen LogP contribution in [0.3, 0.4) is 0 Å². The van der Waals surface area contributed by atoms with Gasteiger partial charge >= 0.3 is 0 Å². The molecule has 0 aliphatic heterocycles. The Balaban J connectivity index is 2.48. The maximum atomic E-state index is 5.99. The first kappa shape index (κ1) is 12.4. The van der Waals surface area contributed by atoms with Gasteiger partial charge in [0.25, 0.3) is 0 Å². The zero-order chi connectivity index (χ0) is 13.1. The summed E-state index contributed by atoms with van der Waals surface area (Å²) in [6.45, 7) is 9.56. The third kappa shape index (κ3) is 2.42. The molecule has 4 nitrogen and oxygen atoms in total. The molecular weight excluding hydrogens is 224 g/mol. The molecule has 2 aromatic rings. The van der Waals surface area contributed by atoms with Crippen molar-refractivity contribution in [1.82, 2.24) is 9.97 Å². The normalized spacial score (nSPS) is 10.6. The second-order valence-corrected chi connectivity index (χ2v) is 4.39. The number of likely N-dealkylation sites (N-methyl/N-ethyl adjacent to an activating group) is 1. The number of nitrogens with two attached hydrogens (primary N) is 1. The van der Waals surface area contributed by atoms with Gasteiger partial charge in [0.05, 0.1) is 11.0 Å². The molecule has 0 amide bonds. The quantitative estimate of drug-likeness (QED) is 0.837. The zero-order valence-corrected chi connectivity index (χ0v) is 10.8. The average Bonchev–Trinajstić information content (AvgIpc) is 2.35. The fourth-order valence-electron chi connectivity index (χ4n) is 1.90. The molecule has 0 unspecified atom stereocenters. The molecule has 0 radical (unpaired) electrons. The largest absolute Gasteiger partial charge is 0.381 e. The highest BCUT2D eigenvalue weighted by Crippen LogP contribution is 2.22. The van der Waals surface area contributed by atoms with Crippen molar-refractivity contribution in [3.8, 4) is 0 Å². The lowest BCUT2D eigenvalue weighted by atomic mass is 10.3.